The van der Waals surface area contributed by atoms with E-state index in [-0.39, 0.29) is 42.2 Å². The zero-order valence-corrected chi connectivity index (χ0v) is 33.1. The summed E-state index contributed by atoms with van der Waals surface area (Å²) in [5.74, 6) is -2.87. The summed E-state index contributed by atoms with van der Waals surface area (Å²) < 4.78 is 44.0. The molecule has 2 atom stereocenters. The minimum absolute atomic E-state index is 0. The van der Waals surface area contributed by atoms with Gasteiger partial charge in [-0.3, -0.25) is 14.9 Å². The Labute approximate surface area is 327 Å². The van der Waals surface area contributed by atoms with E-state index in [4.69, 9.17) is 19.7 Å². The van der Waals surface area contributed by atoms with Crippen molar-refractivity contribution >= 4 is 23.3 Å². The zero-order chi connectivity index (χ0) is 38.5. The summed E-state index contributed by atoms with van der Waals surface area (Å²) in [5.41, 5.74) is 1.43. The predicted molar refractivity (Wildman–Crippen MR) is 193 cm³/mol. The van der Waals surface area contributed by atoms with Crippen molar-refractivity contribution in [2.75, 3.05) is 13.1 Å². The first-order valence-corrected chi connectivity index (χ1v) is 17.7. The van der Waals surface area contributed by atoms with Crippen molar-refractivity contribution in [3.05, 3.63) is 117 Å². The van der Waals surface area contributed by atoms with Gasteiger partial charge in [-0.15, -0.1) is 16.0 Å². The molecule has 0 bridgehead atoms. The Hall–Kier alpha value is -4.88. The van der Waals surface area contributed by atoms with Gasteiger partial charge in [0.05, 0.1) is 42.0 Å². The average Bonchev–Trinajstić information content (AvgIpc) is 3.76. The SMILES string of the molecule is Cc1cc(C[n+]2cnn(C[C@](O)(c3cc(F)ccc3F)[C@@H](C)c3nc(-c4ccc(C#N)cc4)cs3)c2)cc(C)c1OC(=O)CNCC(=O)OC(C)(C)C.[Br-]. The standard InChI is InChI=1S/C39H41F2N6O5S.BrH/c1-24-13-28(14-25(2)36(24)51-34(48)17-43-18-35(49)52-38(4,5)6)19-46-22-44-47(23-46)21-39(50,31-15-30(40)11-12-32(31)41)26(3)37-45-33(20-53-37)29-9-7-27(16-42)8-10-29;/h7-15,20,22-23,26,43,50H,17-19,21H2,1-6H3;1H/q+1;/p-1/t26-,39+;/m0./s1. The van der Waals surface area contributed by atoms with Crippen LogP contribution in [-0.4, -0.2) is 50.5 Å². The molecule has 5 aromatic rings. The van der Waals surface area contributed by atoms with E-state index in [0.717, 1.165) is 40.5 Å². The molecule has 0 fully saturated rings. The van der Waals surface area contributed by atoms with Crippen LogP contribution in [0.4, 0.5) is 8.78 Å². The number of hydrogen-bond donors (Lipinski definition) is 2. The number of aryl methyl sites for hydroxylation is 2. The van der Waals surface area contributed by atoms with Crippen molar-refractivity contribution in [2.24, 2.45) is 0 Å². The lowest BCUT2D eigenvalue weighted by Crippen LogP contribution is -3.00. The van der Waals surface area contributed by atoms with Crippen LogP contribution in [0.1, 0.15) is 66.4 Å². The number of thiazole rings is 1. The van der Waals surface area contributed by atoms with Gasteiger partial charge in [0.15, 0.2) is 0 Å². The molecule has 0 aliphatic heterocycles. The van der Waals surface area contributed by atoms with Gasteiger partial charge in [0.1, 0.15) is 35.1 Å². The fraction of sp³-hybridized carbons (Fsp3) is 0.333. The molecule has 0 aliphatic rings. The predicted octanol–water partition coefficient (Wildman–Crippen LogP) is 2.64. The Morgan fingerprint density at radius 3 is 2.37 bits per heavy atom. The summed E-state index contributed by atoms with van der Waals surface area (Å²) in [6.45, 7) is 10.5. The maximum Gasteiger partial charge on any atom is 0.325 e. The number of rotatable bonds is 13. The maximum absolute atomic E-state index is 15.4. The van der Waals surface area contributed by atoms with E-state index in [1.54, 1.807) is 69.2 Å². The van der Waals surface area contributed by atoms with E-state index in [9.17, 15) is 19.1 Å². The molecule has 0 spiro atoms. The fourth-order valence-electron chi connectivity index (χ4n) is 5.89. The van der Waals surface area contributed by atoms with Gasteiger partial charge >= 0.3 is 11.9 Å². The van der Waals surface area contributed by atoms with Crippen LogP contribution in [0.15, 0.2) is 72.6 Å². The van der Waals surface area contributed by atoms with Crippen molar-refractivity contribution < 1.29 is 54.5 Å². The molecule has 0 unspecified atom stereocenters. The van der Waals surface area contributed by atoms with Gasteiger partial charge in [0, 0.05) is 27.5 Å². The molecule has 0 radical (unpaired) electrons. The molecule has 0 amide bonds. The third kappa shape index (κ3) is 10.4. The summed E-state index contributed by atoms with van der Waals surface area (Å²) in [7, 11) is 0. The second-order valence-electron chi connectivity index (χ2n) is 13.9. The third-order valence-corrected chi connectivity index (χ3v) is 9.43. The Morgan fingerprint density at radius 1 is 1.06 bits per heavy atom. The molecule has 2 heterocycles. The summed E-state index contributed by atoms with van der Waals surface area (Å²) in [6, 6.07) is 15.8. The Balaban J connectivity index is 0.00000650. The second-order valence-corrected chi connectivity index (χ2v) is 14.8. The van der Waals surface area contributed by atoms with Gasteiger partial charge in [-0.25, -0.2) is 18.3 Å². The van der Waals surface area contributed by atoms with Gasteiger partial charge in [-0.05, 0) is 93.8 Å². The highest BCUT2D eigenvalue weighted by atomic mass is 79.9. The number of hydrogen-bond acceptors (Lipinski definition) is 10. The van der Waals surface area contributed by atoms with Gasteiger partial charge < -0.3 is 31.6 Å². The van der Waals surface area contributed by atoms with Crippen molar-refractivity contribution in [3.8, 4) is 23.1 Å². The first-order chi connectivity index (χ1) is 25.0. The first kappa shape index (κ1) is 41.9. The summed E-state index contributed by atoms with van der Waals surface area (Å²) >= 11 is 1.28. The van der Waals surface area contributed by atoms with Crippen molar-refractivity contribution in [1.29, 1.82) is 5.26 Å². The minimum Gasteiger partial charge on any atom is -1.00 e. The molecule has 54 heavy (non-hydrogen) atoms. The molecular formula is C39H41BrF2N6O5S. The van der Waals surface area contributed by atoms with Crippen LogP contribution in [0.3, 0.4) is 0 Å². The number of nitrogens with zero attached hydrogens (tertiary/aromatic N) is 5. The highest BCUT2D eigenvalue weighted by Gasteiger charge is 2.43. The van der Waals surface area contributed by atoms with Crippen LogP contribution < -0.4 is 31.6 Å². The van der Waals surface area contributed by atoms with Crippen molar-refractivity contribution in [3.63, 3.8) is 0 Å². The van der Waals surface area contributed by atoms with E-state index in [1.807, 2.05) is 31.4 Å². The number of halogens is 3. The van der Waals surface area contributed by atoms with Gasteiger partial charge in [-0.2, -0.15) is 5.26 Å². The summed E-state index contributed by atoms with van der Waals surface area (Å²) in [5, 5.41) is 30.9. The number of nitrogens with one attached hydrogen (secondary N) is 1. The molecule has 2 aromatic heterocycles. The molecule has 11 nitrogen and oxygen atoms in total. The molecule has 0 saturated carbocycles. The molecule has 15 heteroatoms. The first-order valence-electron chi connectivity index (χ1n) is 16.8. The average molecular weight is 824 g/mol. The van der Waals surface area contributed by atoms with Crippen molar-refractivity contribution in [2.45, 2.75) is 71.8 Å². The monoisotopic (exact) mass is 822 g/mol. The number of aliphatic hydroxyl groups is 1. The van der Waals surface area contributed by atoms with Gasteiger partial charge in [-0.1, -0.05) is 19.1 Å². The lowest BCUT2D eigenvalue weighted by atomic mass is 9.82. The van der Waals surface area contributed by atoms with Crippen LogP contribution in [0.2, 0.25) is 0 Å². The topological polar surface area (TPSA) is 143 Å². The normalized spacial score (nSPS) is 13.0. The molecule has 5 rings (SSSR count). The number of benzene rings is 3. The van der Waals surface area contributed by atoms with E-state index in [1.165, 1.54) is 16.0 Å². The molecule has 0 aliphatic carbocycles. The molecular weight excluding hydrogens is 782 g/mol. The Morgan fingerprint density at radius 2 is 1.72 bits per heavy atom. The summed E-state index contributed by atoms with van der Waals surface area (Å²) in [4.78, 5) is 29.2. The van der Waals surface area contributed by atoms with E-state index < -0.39 is 40.7 Å². The number of nitriles is 1. The smallest absolute Gasteiger partial charge is 0.325 e. The maximum atomic E-state index is 15.4. The molecule has 0 saturated heterocycles. The number of carbonyl (C=O) groups excluding carboxylic acids is 2. The number of carbonyl (C=O) groups is 2. The highest BCUT2D eigenvalue weighted by Crippen LogP contribution is 2.41. The number of esters is 2. The number of ether oxygens (including phenoxy) is 2. The fourth-order valence-corrected chi connectivity index (χ4v) is 6.87. The molecule has 3 aromatic carbocycles. The van der Waals surface area contributed by atoms with Gasteiger partial charge in [0.2, 0.25) is 6.33 Å². The quantitative estimate of drug-likeness (QED) is 0.104. The van der Waals surface area contributed by atoms with E-state index in [0.29, 0.717) is 28.6 Å². The Bertz CT molecular complexity index is 2140. The third-order valence-electron chi connectivity index (χ3n) is 8.41. The summed E-state index contributed by atoms with van der Waals surface area (Å²) in [6.07, 6.45) is 3.22. The second kappa shape index (κ2) is 17.5. The highest BCUT2D eigenvalue weighted by molar-refractivity contribution is 7.10. The lowest BCUT2D eigenvalue weighted by molar-refractivity contribution is -0.689. The largest absolute Gasteiger partial charge is 1.00 e. The van der Waals surface area contributed by atoms with E-state index >= 15 is 4.39 Å². The molecule has 284 valence electrons. The van der Waals surface area contributed by atoms with Crippen LogP contribution in [0.5, 0.6) is 5.75 Å². The number of aromatic nitrogens is 4. The van der Waals surface area contributed by atoms with Crippen molar-refractivity contribution in [1.82, 2.24) is 20.1 Å². The minimum atomic E-state index is -1.96. The molecule has 2 N–H and O–H groups in total. The van der Waals surface area contributed by atoms with Crippen LogP contribution in [0.25, 0.3) is 11.3 Å². The van der Waals surface area contributed by atoms with Crippen LogP contribution >= 0.6 is 11.3 Å². The lowest BCUT2D eigenvalue weighted by Gasteiger charge is -2.32. The Kier molecular flexibility index (Phi) is 13.6. The van der Waals surface area contributed by atoms with Crippen LogP contribution in [0, 0.1) is 36.8 Å². The van der Waals surface area contributed by atoms with Crippen LogP contribution in [-0.2, 0) is 33.0 Å². The van der Waals surface area contributed by atoms with Gasteiger partial charge in [0.25, 0.3) is 6.33 Å². The zero-order valence-electron chi connectivity index (χ0n) is 30.7. The van der Waals surface area contributed by atoms with E-state index in [2.05, 4.69) is 16.5 Å².